The maximum absolute atomic E-state index is 11.9. The summed E-state index contributed by atoms with van der Waals surface area (Å²) in [5, 5.41) is 11.9. The lowest BCUT2D eigenvalue weighted by Gasteiger charge is -2.16. The molecule has 1 amide bonds. The Labute approximate surface area is 98.0 Å². The van der Waals surface area contributed by atoms with Crippen molar-refractivity contribution in [1.82, 2.24) is 10.2 Å². The molecule has 1 unspecified atom stereocenters. The van der Waals surface area contributed by atoms with Crippen LogP contribution in [0.5, 0.6) is 0 Å². The standard InChI is InChI=1S/C12H24N2O2/c1-2-7-13-11-6-9-14(12(11)16)8-4-3-5-10-15/h11,13,15H,2-10H2,1H3. The van der Waals surface area contributed by atoms with E-state index in [0.717, 1.165) is 51.7 Å². The molecular weight excluding hydrogens is 204 g/mol. The van der Waals surface area contributed by atoms with Crippen LogP contribution in [0.3, 0.4) is 0 Å². The molecule has 1 aliphatic heterocycles. The highest BCUT2D eigenvalue weighted by Crippen LogP contribution is 2.12. The summed E-state index contributed by atoms with van der Waals surface area (Å²) in [5.41, 5.74) is 0. The molecule has 2 N–H and O–H groups in total. The molecule has 0 saturated carbocycles. The van der Waals surface area contributed by atoms with Gasteiger partial charge in [-0.25, -0.2) is 0 Å². The second-order valence-corrected chi connectivity index (χ2v) is 4.40. The lowest BCUT2D eigenvalue weighted by Crippen LogP contribution is -2.38. The van der Waals surface area contributed by atoms with Gasteiger partial charge in [0.25, 0.3) is 0 Å². The Morgan fingerprint density at radius 2 is 2.25 bits per heavy atom. The Hall–Kier alpha value is -0.610. The van der Waals surface area contributed by atoms with E-state index in [1.807, 2.05) is 4.90 Å². The van der Waals surface area contributed by atoms with E-state index in [9.17, 15) is 4.79 Å². The van der Waals surface area contributed by atoms with Crippen LogP contribution in [0, 0.1) is 0 Å². The van der Waals surface area contributed by atoms with Gasteiger partial charge >= 0.3 is 0 Å². The molecule has 4 nitrogen and oxygen atoms in total. The van der Waals surface area contributed by atoms with Crippen molar-refractivity contribution in [3.8, 4) is 0 Å². The zero-order valence-corrected chi connectivity index (χ0v) is 10.2. The van der Waals surface area contributed by atoms with E-state index in [-0.39, 0.29) is 18.6 Å². The summed E-state index contributed by atoms with van der Waals surface area (Å²) in [5.74, 6) is 0.262. The largest absolute Gasteiger partial charge is 0.396 e. The average Bonchev–Trinajstić information content (AvgIpc) is 2.64. The van der Waals surface area contributed by atoms with Gasteiger partial charge in [-0.2, -0.15) is 0 Å². The van der Waals surface area contributed by atoms with Crippen LogP contribution in [-0.2, 0) is 4.79 Å². The number of nitrogens with one attached hydrogen (secondary N) is 1. The van der Waals surface area contributed by atoms with E-state index in [2.05, 4.69) is 12.2 Å². The molecule has 1 atom stereocenters. The van der Waals surface area contributed by atoms with E-state index < -0.39 is 0 Å². The van der Waals surface area contributed by atoms with Gasteiger partial charge in [0, 0.05) is 19.7 Å². The highest BCUT2D eigenvalue weighted by atomic mass is 16.2. The first-order chi connectivity index (χ1) is 7.79. The molecule has 16 heavy (non-hydrogen) atoms. The van der Waals surface area contributed by atoms with Crippen molar-refractivity contribution in [1.29, 1.82) is 0 Å². The molecule has 94 valence electrons. The van der Waals surface area contributed by atoms with Crippen LogP contribution in [0.4, 0.5) is 0 Å². The van der Waals surface area contributed by atoms with Gasteiger partial charge in [-0.1, -0.05) is 6.92 Å². The van der Waals surface area contributed by atoms with E-state index in [1.54, 1.807) is 0 Å². The van der Waals surface area contributed by atoms with Crippen LogP contribution in [0.15, 0.2) is 0 Å². The summed E-state index contributed by atoms with van der Waals surface area (Å²) in [4.78, 5) is 13.8. The van der Waals surface area contributed by atoms with Crippen LogP contribution in [0.2, 0.25) is 0 Å². The molecular formula is C12H24N2O2. The zero-order valence-electron chi connectivity index (χ0n) is 10.2. The lowest BCUT2D eigenvalue weighted by atomic mass is 10.2. The average molecular weight is 228 g/mol. The zero-order chi connectivity index (χ0) is 11.8. The van der Waals surface area contributed by atoms with Gasteiger partial charge in [0.15, 0.2) is 0 Å². The Morgan fingerprint density at radius 1 is 1.44 bits per heavy atom. The molecule has 0 aromatic rings. The number of likely N-dealkylation sites (tertiary alicyclic amines) is 1. The van der Waals surface area contributed by atoms with Gasteiger partial charge in [0.1, 0.15) is 0 Å². The first-order valence-electron chi connectivity index (χ1n) is 6.42. The SMILES string of the molecule is CCCNC1CCN(CCCCCO)C1=O. The topological polar surface area (TPSA) is 52.6 Å². The second kappa shape index (κ2) is 7.63. The van der Waals surface area contributed by atoms with E-state index >= 15 is 0 Å². The third-order valence-electron chi connectivity index (χ3n) is 3.02. The minimum absolute atomic E-state index is 0.0535. The number of rotatable bonds is 8. The van der Waals surface area contributed by atoms with Crippen molar-refractivity contribution in [3.63, 3.8) is 0 Å². The predicted octanol–water partition coefficient (Wildman–Crippen LogP) is 0.749. The van der Waals surface area contributed by atoms with Gasteiger partial charge < -0.3 is 15.3 Å². The third-order valence-corrected chi connectivity index (χ3v) is 3.02. The quantitative estimate of drug-likeness (QED) is 0.603. The fourth-order valence-corrected chi connectivity index (χ4v) is 2.06. The fourth-order valence-electron chi connectivity index (χ4n) is 2.06. The van der Waals surface area contributed by atoms with Crippen LogP contribution in [0.1, 0.15) is 39.0 Å². The Morgan fingerprint density at radius 3 is 2.94 bits per heavy atom. The van der Waals surface area contributed by atoms with Gasteiger partial charge in [-0.15, -0.1) is 0 Å². The van der Waals surface area contributed by atoms with Crippen LogP contribution in [-0.4, -0.2) is 48.2 Å². The third kappa shape index (κ3) is 4.10. The van der Waals surface area contributed by atoms with Crippen molar-refractivity contribution < 1.29 is 9.90 Å². The monoisotopic (exact) mass is 228 g/mol. The molecule has 0 radical (unpaired) electrons. The fraction of sp³-hybridized carbons (Fsp3) is 0.917. The summed E-state index contributed by atoms with van der Waals surface area (Å²) >= 11 is 0. The van der Waals surface area contributed by atoms with Crippen LogP contribution in [0.25, 0.3) is 0 Å². The van der Waals surface area contributed by atoms with Crippen LogP contribution < -0.4 is 5.32 Å². The predicted molar refractivity (Wildman–Crippen MR) is 64.2 cm³/mol. The number of aliphatic hydroxyl groups is 1. The second-order valence-electron chi connectivity index (χ2n) is 4.40. The Bertz CT molecular complexity index is 209. The minimum atomic E-state index is 0.0535. The van der Waals surface area contributed by atoms with Gasteiger partial charge in [-0.3, -0.25) is 4.79 Å². The normalized spacial score (nSPS) is 20.8. The molecule has 1 rings (SSSR count). The first kappa shape index (κ1) is 13.5. The summed E-state index contributed by atoms with van der Waals surface area (Å²) in [6.45, 7) is 5.03. The highest BCUT2D eigenvalue weighted by molar-refractivity contribution is 5.83. The Kier molecular flexibility index (Phi) is 6.42. The van der Waals surface area contributed by atoms with Gasteiger partial charge in [-0.05, 0) is 38.6 Å². The maximum Gasteiger partial charge on any atom is 0.239 e. The number of nitrogens with zero attached hydrogens (tertiary/aromatic N) is 1. The molecule has 1 aliphatic rings. The lowest BCUT2D eigenvalue weighted by molar-refractivity contribution is -0.129. The summed E-state index contributed by atoms with van der Waals surface area (Å²) in [7, 11) is 0. The van der Waals surface area contributed by atoms with Gasteiger partial charge in [0.2, 0.25) is 5.91 Å². The minimum Gasteiger partial charge on any atom is -0.396 e. The molecule has 4 heteroatoms. The number of amides is 1. The van der Waals surface area contributed by atoms with E-state index in [1.165, 1.54) is 0 Å². The maximum atomic E-state index is 11.9. The summed E-state index contributed by atoms with van der Waals surface area (Å²) < 4.78 is 0. The van der Waals surface area contributed by atoms with Crippen molar-refractivity contribution in [2.45, 2.75) is 45.1 Å². The molecule has 1 fully saturated rings. The Balaban J connectivity index is 2.17. The van der Waals surface area contributed by atoms with Crippen molar-refractivity contribution in [2.75, 3.05) is 26.2 Å². The van der Waals surface area contributed by atoms with E-state index in [4.69, 9.17) is 5.11 Å². The number of unbranched alkanes of at least 4 members (excludes halogenated alkanes) is 2. The molecule has 0 aromatic carbocycles. The summed E-state index contributed by atoms with van der Waals surface area (Å²) in [6, 6.07) is 0.0535. The number of hydrogen-bond donors (Lipinski definition) is 2. The molecule has 0 aliphatic carbocycles. The number of carbonyl (C=O) groups excluding carboxylic acids is 1. The van der Waals surface area contributed by atoms with Crippen molar-refractivity contribution in [2.24, 2.45) is 0 Å². The summed E-state index contributed by atoms with van der Waals surface area (Å²) in [6.07, 6.45) is 4.87. The van der Waals surface area contributed by atoms with Crippen molar-refractivity contribution >= 4 is 5.91 Å². The molecule has 0 aromatic heterocycles. The van der Waals surface area contributed by atoms with E-state index in [0.29, 0.717) is 0 Å². The molecule has 0 bridgehead atoms. The number of carbonyl (C=O) groups is 1. The highest BCUT2D eigenvalue weighted by Gasteiger charge is 2.30. The smallest absolute Gasteiger partial charge is 0.239 e. The van der Waals surface area contributed by atoms with Crippen LogP contribution >= 0.6 is 0 Å². The molecule has 1 heterocycles. The van der Waals surface area contributed by atoms with Gasteiger partial charge in [0.05, 0.1) is 6.04 Å². The number of aliphatic hydroxyl groups excluding tert-OH is 1. The van der Waals surface area contributed by atoms with Crippen molar-refractivity contribution in [3.05, 3.63) is 0 Å². The molecule has 1 saturated heterocycles. The molecule has 0 spiro atoms. The number of hydrogen-bond acceptors (Lipinski definition) is 3. The first-order valence-corrected chi connectivity index (χ1v) is 6.42.